The van der Waals surface area contributed by atoms with Crippen LogP contribution in [0.5, 0.6) is 0 Å². The smallest absolute Gasteiger partial charge is 0.285 e. The molecule has 0 aromatic heterocycles. The number of ether oxygens (including phenoxy) is 3. The van der Waals surface area contributed by atoms with Gasteiger partial charge < -0.3 is 14.2 Å². The van der Waals surface area contributed by atoms with Crippen molar-refractivity contribution in [2.75, 3.05) is 21.3 Å². The van der Waals surface area contributed by atoms with E-state index in [0.29, 0.717) is 0 Å². The van der Waals surface area contributed by atoms with Crippen LogP contribution >= 0.6 is 0 Å². The molecule has 0 aromatic carbocycles. The van der Waals surface area contributed by atoms with E-state index < -0.39 is 5.97 Å². The standard InChI is InChI=1S/C18H36O3/c1-6-8-10-11-12-14-16-17(15-13-9-7-2)18(19-3,20-4)21-5/h7,17H,2,6,8-16H2,1,3-5H3. The fraction of sp³-hybridized carbons (Fsp3) is 0.889. The lowest BCUT2D eigenvalue weighted by Gasteiger charge is -2.36. The van der Waals surface area contributed by atoms with Gasteiger partial charge in [0, 0.05) is 27.2 Å². The number of unbranched alkanes of at least 4 members (excludes halogenated alkanes) is 6. The van der Waals surface area contributed by atoms with Gasteiger partial charge in [-0.1, -0.05) is 51.5 Å². The SMILES string of the molecule is C=CCCCC(CCCCCCCC)C(OC)(OC)OC. The van der Waals surface area contributed by atoms with Gasteiger partial charge in [0.1, 0.15) is 0 Å². The van der Waals surface area contributed by atoms with Crippen molar-refractivity contribution in [2.24, 2.45) is 5.92 Å². The molecule has 126 valence electrons. The highest BCUT2D eigenvalue weighted by Crippen LogP contribution is 2.32. The molecule has 0 saturated carbocycles. The van der Waals surface area contributed by atoms with Gasteiger partial charge in [-0.25, -0.2) is 0 Å². The monoisotopic (exact) mass is 300 g/mol. The van der Waals surface area contributed by atoms with Crippen LogP contribution in [0.4, 0.5) is 0 Å². The second-order valence-corrected chi connectivity index (χ2v) is 5.69. The summed E-state index contributed by atoms with van der Waals surface area (Å²) in [6.07, 6.45) is 14.0. The Hall–Kier alpha value is -0.380. The molecule has 3 heteroatoms. The van der Waals surface area contributed by atoms with Gasteiger partial charge in [-0.15, -0.1) is 6.58 Å². The molecular weight excluding hydrogens is 264 g/mol. The van der Waals surface area contributed by atoms with Gasteiger partial charge in [-0.05, 0) is 25.7 Å². The molecule has 0 spiro atoms. The van der Waals surface area contributed by atoms with Crippen LogP contribution in [0.1, 0.15) is 71.1 Å². The average molecular weight is 300 g/mol. The molecule has 0 aliphatic rings. The summed E-state index contributed by atoms with van der Waals surface area (Å²) < 4.78 is 16.7. The Morgan fingerprint density at radius 1 is 0.857 bits per heavy atom. The normalized spacial score (nSPS) is 13.3. The van der Waals surface area contributed by atoms with E-state index in [1.165, 1.54) is 38.5 Å². The molecule has 0 bridgehead atoms. The summed E-state index contributed by atoms with van der Waals surface area (Å²) in [6, 6.07) is 0. The predicted molar refractivity (Wildman–Crippen MR) is 89.3 cm³/mol. The molecule has 0 aliphatic carbocycles. The molecule has 0 amide bonds. The highest BCUT2D eigenvalue weighted by molar-refractivity contribution is 4.74. The first kappa shape index (κ1) is 20.6. The van der Waals surface area contributed by atoms with Crippen LogP contribution in [-0.2, 0) is 14.2 Å². The van der Waals surface area contributed by atoms with E-state index in [9.17, 15) is 0 Å². The maximum atomic E-state index is 5.55. The third-order valence-corrected chi connectivity index (χ3v) is 4.22. The van der Waals surface area contributed by atoms with Crippen LogP contribution in [0.15, 0.2) is 12.7 Å². The third kappa shape index (κ3) is 7.98. The Morgan fingerprint density at radius 2 is 1.38 bits per heavy atom. The van der Waals surface area contributed by atoms with Gasteiger partial charge in [-0.2, -0.15) is 0 Å². The lowest BCUT2D eigenvalue weighted by molar-refractivity contribution is -0.380. The summed E-state index contributed by atoms with van der Waals surface area (Å²) in [5, 5.41) is 0. The minimum Gasteiger partial charge on any atom is -0.331 e. The van der Waals surface area contributed by atoms with Crippen LogP contribution in [-0.4, -0.2) is 27.3 Å². The molecule has 21 heavy (non-hydrogen) atoms. The summed E-state index contributed by atoms with van der Waals surface area (Å²) in [5.74, 6) is -0.631. The van der Waals surface area contributed by atoms with Crippen molar-refractivity contribution < 1.29 is 14.2 Å². The Kier molecular flexibility index (Phi) is 13.1. The number of rotatable bonds is 15. The van der Waals surface area contributed by atoms with Gasteiger partial charge in [0.2, 0.25) is 0 Å². The zero-order valence-electron chi connectivity index (χ0n) is 14.7. The van der Waals surface area contributed by atoms with E-state index in [1.54, 1.807) is 21.3 Å². The number of methoxy groups -OCH3 is 3. The third-order valence-electron chi connectivity index (χ3n) is 4.22. The van der Waals surface area contributed by atoms with Gasteiger partial charge in [0.25, 0.3) is 5.97 Å². The first-order valence-electron chi connectivity index (χ1n) is 8.47. The van der Waals surface area contributed by atoms with E-state index in [4.69, 9.17) is 14.2 Å². The molecule has 1 unspecified atom stereocenters. The summed E-state index contributed by atoms with van der Waals surface area (Å²) in [5.41, 5.74) is 0. The molecule has 0 heterocycles. The highest BCUT2D eigenvalue weighted by atomic mass is 16.9. The molecule has 0 fully saturated rings. The molecule has 0 radical (unpaired) electrons. The van der Waals surface area contributed by atoms with Gasteiger partial charge >= 0.3 is 0 Å². The maximum Gasteiger partial charge on any atom is 0.285 e. The lowest BCUT2D eigenvalue weighted by atomic mass is 9.92. The number of hydrogen-bond donors (Lipinski definition) is 0. The van der Waals surface area contributed by atoms with E-state index in [2.05, 4.69) is 13.5 Å². The van der Waals surface area contributed by atoms with Crippen molar-refractivity contribution >= 4 is 0 Å². The van der Waals surface area contributed by atoms with Crippen LogP contribution in [0.2, 0.25) is 0 Å². The Bertz CT molecular complexity index is 228. The Balaban J connectivity index is 4.33. The average Bonchev–Trinajstić information content (AvgIpc) is 2.52. The highest BCUT2D eigenvalue weighted by Gasteiger charge is 2.39. The summed E-state index contributed by atoms with van der Waals surface area (Å²) in [7, 11) is 4.98. The molecule has 3 nitrogen and oxygen atoms in total. The van der Waals surface area contributed by atoms with E-state index in [-0.39, 0.29) is 5.92 Å². The van der Waals surface area contributed by atoms with Crippen molar-refractivity contribution in [3.63, 3.8) is 0 Å². The fourth-order valence-corrected chi connectivity index (χ4v) is 2.93. The van der Waals surface area contributed by atoms with Crippen LogP contribution in [0, 0.1) is 5.92 Å². The Labute approximate surface area is 132 Å². The summed E-state index contributed by atoms with van der Waals surface area (Å²) >= 11 is 0. The zero-order chi connectivity index (χ0) is 16.0. The van der Waals surface area contributed by atoms with Gasteiger partial charge in [0.05, 0.1) is 0 Å². The predicted octanol–water partition coefficient (Wildman–Crippen LogP) is 5.30. The quantitative estimate of drug-likeness (QED) is 0.233. The molecule has 0 aromatic rings. The van der Waals surface area contributed by atoms with Crippen molar-refractivity contribution in [3.8, 4) is 0 Å². The molecule has 0 rings (SSSR count). The first-order chi connectivity index (χ1) is 10.2. The van der Waals surface area contributed by atoms with Crippen molar-refractivity contribution in [1.29, 1.82) is 0 Å². The van der Waals surface area contributed by atoms with Gasteiger partial charge in [0.15, 0.2) is 0 Å². The second-order valence-electron chi connectivity index (χ2n) is 5.69. The number of hydrogen-bond acceptors (Lipinski definition) is 3. The van der Waals surface area contributed by atoms with E-state index in [0.717, 1.165) is 25.7 Å². The minimum absolute atomic E-state index is 0.267. The molecule has 0 saturated heterocycles. The molecule has 1 atom stereocenters. The van der Waals surface area contributed by atoms with Crippen molar-refractivity contribution in [3.05, 3.63) is 12.7 Å². The lowest BCUT2D eigenvalue weighted by Crippen LogP contribution is -2.44. The number of allylic oxidation sites excluding steroid dienone is 1. The van der Waals surface area contributed by atoms with E-state index >= 15 is 0 Å². The fourth-order valence-electron chi connectivity index (χ4n) is 2.93. The van der Waals surface area contributed by atoms with Crippen molar-refractivity contribution in [1.82, 2.24) is 0 Å². The molecule has 0 N–H and O–H groups in total. The minimum atomic E-state index is -0.898. The van der Waals surface area contributed by atoms with Crippen LogP contribution in [0.3, 0.4) is 0 Å². The largest absolute Gasteiger partial charge is 0.331 e. The molecule has 0 aliphatic heterocycles. The summed E-state index contributed by atoms with van der Waals surface area (Å²) in [6.45, 7) is 6.04. The van der Waals surface area contributed by atoms with E-state index in [1.807, 2.05) is 6.08 Å². The first-order valence-corrected chi connectivity index (χ1v) is 8.47. The summed E-state index contributed by atoms with van der Waals surface area (Å²) in [4.78, 5) is 0. The Morgan fingerprint density at radius 3 is 1.90 bits per heavy atom. The maximum absolute atomic E-state index is 5.55. The van der Waals surface area contributed by atoms with Crippen LogP contribution in [0.25, 0.3) is 0 Å². The zero-order valence-corrected chi connectivity index (χ0v) is 14.7. The van der Waals surface area contributed by atoms with Crippen molar-refractivity contribution in [2.45, 2.75) is 77.1 Å². The topological polar surface area (TPSA) is 27.7 Å². The second kappa shape index (κ2) is 13.3. The van der Waals surface area contributed by atoms with Gasteiger partial charge in [-0.3, -0.25) is 0 Å². The van der Waals surface area contributed by atoms with Crippen LogP contribution < -0.4 is 0 Å². The molecular formula is C18H36O3.